The van der Waals surface area contributed by atoms with E-state index in [4.69, 9.17) is 0 Å². The Morgan fingerprint density at radius 2 is 2.17 bits per heavy atom. The van der Waals surface area contributed by atoms with E-state index in [9.17, 15) is 9.59 Å². The summed E-state index contributed by atoms with van der Waals surface area (Å²) in [5.41, 5.74) is 1.59. The van der Waals surface area contributed by atoms with E-state index in [1.165, 1.54) is 0 Å². The van der Waals surface area contributed by atoms with E-state index < -0.39 is 6.04 Å². The van der Waals surface area contributed by atoms with Gasteiger partial charge in [0.25, 0.3) is 0 Å². The summed E-state index contributed by atoms with van der Waals surface area (Å²) < 4.78 is 1.68. The number of carbonyl (C=O) groups is 2. The Labute approximate surface area is 106 Å². The van der Waals surface area contributed by atoms with E-state index in [-0.39, 0.29) is 18.4 Å². The average Bonchev–Trinajstić information content (AvgIpc) is 2.72. The van der Waals surface area contributed by atoms with Gasteiger partial charge in [0, 0.05) is 13.2 Å². The van der Waals surface area contributed by atoms with Crippen LogP contribution in [0.25, 0.3) is 0 Å². The molecule has 0 radical (unpaired) electrons. The molecular formula is C12H18N4O2. The number of amides is 2. The van der Waals surface area contributed by atoms with Crippen molar-refractivity contribution in [2.75, 3.05) is 11.4 Å². The molecule has 0 saturated carbocycles. The number of hydrogen-bond donors (Lipinski definition) is 1. The average molecular weight is 250 g/mol. The zero-order chi connectivity index (χ0) is 13.3. The summed E-state index contributed by atoms with van der Waals surface area (Å²) in [5.74, 6) is -0.174. The number of nitrogens with one attached hydrogen (secondary N) is 1. The van der Waals surface area contributed by atoms with Crippen molar-refractivity contribution < 1.29 is 9.59 Å². The van der Waals surface area contributed by atoms with Gasteiger partial charge in [-0.05, 0) is 12.8 Å². The van der Waals surface area contributed by atoms with Crippen LogP contribution in [-0.2, 0) is 23.1 Å². The number of aryl methyl sites for hydroxylation is 2. The van der Waals surface area contributed by atoms with Crippen LogP contribution in [0.4, 0.5) is 5.69 Å². The van der Waals surface area contributed by atoms with Gasteiger partial charge >= 0.3 is 0 Å². The van der Waals surface area contributed by atoms with E-state index in [2.05, 4.69) is 10.4 Å². The molecule has 1 fully saturated rings. The Kier molecular flexibility index (Phi) is 3.36. The van der Waals surface area contributed by atoms with Gasteiger partial charge in [-0.25, -0.2) is 0 Å². The lowest BCUT2D eigenvalue weighted by molar-refractivity contribution is -0.131. The van der Waals surface area contributed by atoms with Crippen molar-refractivity contribution in [3.05, 3.63) is 11.9 Å². The van der Waals surface area contributed by atoms with Crippen molar-refractivity contribution in [2.45, 2.75) is 32.7 Å². The topological polar surface area (TPSA) is 67.2 Å². The predicted molar refractivity (Wildman–Crippen MR) is 67.2 cm³/mol. The van der Waals surface area contributed by atoms with Gasteiger partial charge < -0.3 is 5.32 Å². The Bertz CT molecular complexity index is 480. The molecule has 18 heavy (non-hydrogen) atoms. The van der Waals surface area contributed by atoms with E-state index >= 15 is 0 Å². The monoisotopic (exact) mass is 250 g/mol. The third-order valence-electron chi connectivity index (χ3n) is 3.12. The number of hydrogen-bond acceptors (Lipinski definition) is 3. The van der Waals surface area contributed by atoms with Gasteiger partial charge in [-0.3, -0.25) is 19.2 Å². The molecule has 1 unspecified atom stereocenters. The first-order chi connectivity index (χ1) is 8.56. The summed E-state index contributed by atoms with van der Waals surface area (Å²) >= 11 is 0. The standard InChI is InChI=1S/C12H18N4O2/c1-4-8-10(6-15(3)14-8)16-7-11(17)13-9(5-2)12(16)18/h6,9H,4-5,7H2,1-3H3,(H,13,17). The lowest BCUT2D eigenvalue weighted by Crippen LogP contribution is -2.58. The van der Waals surface area contributed by atoms with Crippen LogP contribution in [0.2, 0.25) is 0 Å². The third kappa shape index (κ3) is 2.10. The fraction of sp³-hybridized carbons (Fsp3) is 0.583. The van der Waals surface area contributed by atoms with Crippen molar-refractivity contribution in [1.82, 2.24) is 15.1 Å². The molecule has 0 aliphatic carbocycles. The maximum absolute atomic E-state index is 12.3. The van der Waals surface area contributed by atoms with Crippen LogP contribution in [-0.4, -0.2) is 34.2 Å². The molecule has 6 heteroatoms. The Morgan fingerprint density at radius 3 is 2.78 bits per heavy atom. The molecule has 2 heterocycles. The van der Waals surface area contributed by atoms with Crippen molar-refractivity contribution in [1.29, 1.82) is 0 Å². The second kappa shape index (κ2) is 4.80. The third-order valence-corrected chi connectivity index (χ3v) is 3.12. The number of rotatable bonds is 3. The highest BCUT2D eigenvalue weighted by Crippen LogP contribution is 2.22. The van der Waals surface area contributed by atoms with Crippen molar-refractivity contribution in [2.24, 2.45) is 7.05 Å². The fourth-order valence-corrected chi connectivity index (χ4v) is 2.19. The molecule has 0 spiro atoms. The van der Waals surface area contributed by atoms with E-state index in [0.717, 1.165) is 17.8 Å². The lowest BCUT2D eigenvalue weighted by atomic mass is 10.1. The number of piperazine rings is 1. The van der Waals surface area contributed by atoms with Gasteiger partial charge in [0.15, 0.2) is 0 Å². The molecule has 6 nitrogen and oxygen atoms in total. The SMILES string of the molecule is CCc1nn(C)cc1N1CC(=O)NC(CC)C1=O. The molecule has 1 saturated heterocycles. The maximum Gasteiger partial charge on any atom is 0.250 e. The molecule has 98 valence electrons. The highest BCUT2D eigenvalue weighted by Gasteiger charge is 2.33. The molecule has 2 amide bonds. The van der Waals surface area contributed by atoms with Crippen molar-refractivity contribution in [3.8, 4) is 0 Å². The Morgan fingerprint density at radius 1 is 1.44 bits per heavy atom. The highest BCUT2D eigenvalue weighted by molar-refractivity contribution is 6.06. The fourth-order valence-electron chi connectivity index (χ4n) is 2.19. The first-order valence-corrected chi connectivity index (χ1v) is 6.20. The minimum absolute atomic E-state index is 0.0557. The minimum Gasteiger partial charge on any atom is -0.343 e. The molecule has 0 aromatic carbocycles. The predicted octanol–water partition coefficient (Wildman–Crippen LogP) is 0.224. The summed E-state index contributed by atoms with van der Waals surface area (Å²) in [4.78, 5) is 25.4. The molecule has 1 aromatic rings. The van der Waals surface area contributed by atoms with Crippen molar-refractivity contribution >= 4 is 17.5 Å². The molecule has 0 bridgehead atoms. The van der Waals surface area contributed by atoms with E-state index in [1.54, 1.807) is 15.8 Å². The van der Waals surface area contributed by atoms with Crippen LogP contribution < -0.4 is 10.2 Å². The zero-order valence-corrected chi connectivity index (χ0v) is 10.9. The molecule has 1 atom stereocenters. The molecule has 2 rings (SSSR count). The molecule has 1 aliphatic heterocycles. The maximum atomic E-state index is 12.3. The summed E-state index contributed by atoms with van der Waals surface area (Å²) in [7, 11) is 1.81. The highest BCUT2D eigenvalue weighted by atomic mass is 16.2. The molecule has 1 aliphatic rings. The summed E-state index contributed by atoms with van der Waals surface area (Å²) in [6.07, 6.45) is 3.13. The van der Waals surface area contributed by atoms with Crippen molar-refractivity contribution in [3.63, 3.8) is 0 Å². The number of aromatic nitrogens is 2. The van der Waals surface area contributed by atoms with Gasteiger partial charge in [-0.1, -0.05) is 13.8 Å². The van der Waals surface area contributed by atoms with Gasteiger partial charge in [-0.15, -0.1) is 0 Å². The number of carbonyl (C=O) groups excluding carboxylic acids is 2. The molecular weight excluding hydrogens is 232 g/mol. The van der Waals surface area contributed by atoms with Gasteiger partial charge in [-0.2, -0.15) is 5.10 Å². The summed E-state index contributed by atoms with van der Waals surface area (Å²) in [5, 5.41) is 7.01. The zero-order valence-electron chi connectivity index (χ0n) is 10.9. The van der Waals surface area contributed by atoms with Gasteiger partial charge in [0.05, 0.1) is 11.4 Å². The van der Waals surface area contributed by atoms with Crippen LogP contribution in [0.15, 0.2) is 6.20 Å². The molecule has 1 N–H and O–H groups in total. The van der Waals surface area contributed by atoms with Crippen LogP contribution in [0.3, 0.4) is 0 Å². The second-order valence-electron chi connectivity index (χ2n) is 4.44. The summed E-state index contributed by atoms with van der Waals surface area (Å²) in [6.45, 7) is 3.95. The van der Waals surface area contributed by atoms with Gasteiger partial charge in [0.1, 0.15) is 12.6 Å². The van der Waals surface area contributed by atoms with E-state index in [1.807, 2.05) is 20.9 Å². The smallest absolute Gasteiger partial charge is 0.250 e. The van der Waals surface area contributed by atoms with Crippen LogP contribution >= 0.6 is 0 Å². The largest absolute Gasteiger partial charge is 0.343 e. The minimum atomic E-state index is -0.420. The number of nitrogens with zero attached hydrogens (tertiary/aromatic N) is 3. The van der Waals surface area contributed by atoms with E-state index in [0.29, 0.717) is 6.42 Å². The summed E-state index contributed by atoms with van der Waals surface area (Å²) in [6, 6.07) is -0.420. The lowest BCUT2D eigenvalue weighted by Gasteiger charge is -2.31. The Balaban J connectivity index is 2.35. The number of anilines is 1. The molecule has 1 aromatic heterocycles. The Hall–Kier alpha value is -1.85. The van der Waals surface area contributed by atoms with Gasteiger partial charge in [0.2, 0.25) is 11.8 Å². The van der Waals surface area contributed by atoms with Crippen LogP contribution in [0.5, 0.6) is 0 Å². The second-order valence-corrected chi connectivity index (χ2v) is 4.44. The van der Waals surface area contributed by atoms with Crippen LogP contribution in [0, 0.1) is 0 Å². The quantitative estimate of drug-likeness (QED) is 0.834. The normalized spacial score (nSPS) is 20.2. The first-order valence-electron chi connectivity index (χ1n) is 6.20. The first kappa shape index (κ1) is 12.6. The van der Waals surface area contributed by atoms with Crippen LogP contribution in [0.1, 0.15) is 26.0 Å².